The summed E-state index contributed by atoms with van der Waals surface area (Å²) in [5, 5.41) is 37.9. The van der Waals surface area contributed by atoms with Crippen molar-refractivity contribution >= 4 is 11.9 Å². The number of benzene rings is 1. The monoisotopic (exact) mass is 269 g/mol. The second-order valence-electron chi connectivity index (χ2n) is 3.97. The van der Waals surface area contributed by atoms with Gasteiger partial charge in [0.15, 0.2) is 6.10 Å². The minimum atomic E-state index is -1.65. The minimum Gasteiger partial charge on any atom is -0.508 e. The highest BCUT2D eigenvalue weighted by atomic mass is 16.4. The van der Waals surface area contributed by atoms with Crippen LogP contribution in [0.2, 0.25) is 0 Å². The van der Waals surface area contributed by atoms with E-state index in [1.165, 1.54) is 24.3 Å². The summed E-state index contributed by atoms with van der Waals surface area (Å²) in [4.78, 5) is 22.3. The average molecular weight is 269 g/mol. The Hall–Kier alpha value is -2.12. The van der Waals surface area contributed by atoms with Gasteiger partial charge >= 0.3 is 5.97 Å². The molecule has 0 spiro atoms. The number of aliphatic hydroxyl groups is 2. The number of carboxylic acid groups (broad SMARTS) is 1. The molecule has 0 radical (unpaired) electrons. The Morgan fingerprint density at radius 1 is 1.21 bits per heavy atom. The van der Waals surface area contributed by atoms with Gasteiger partial charge in [-0.2, -0.15) is 0 Å². The molecule has 0 fully saturated rings. The second kappa shape index (κ2) is 6.72. The molecule has 0 aromatic heterocycles. The number of hydrogen-bond acceptors (Lipinski definition) is 5. The number of aromatic hydroxyl groups is 1. The topological polar surface area (TPSA) is 127 Å². The molecule has 7 nitrogen and oxygen atoms in total. The maximum atomic E-state index is 11.3. The number of phenols is 1. The lowest BCUT2D eigenvalue weighted by atomic mass is 10.1. The van der Waals surface area contributed by atoms with Gasteiger partial charge in [-0.3, -0.25) is 4.79 Å². The molecule has 0 saturated carbocycles. The van der Waals surface area contributed by atoms with E-state index in [1.54, 1.807) is 0 Å². The number of phenolic OH excluding ortho intramolecular Hbond substituents is 1. The van der Waals surface area contributed by atoms with Crippen LogP contribution >= 0.6 is 0 Å². The van der Waals surface area contributed by atoms with Gasteiger partial charge in [-0.1, -0.05) is 12.1 Å². The molecule has 7 heteroatoms. The number of carboxylic acids is 1. The zero-order valence-corrected chi connectivity index (χ0v) is 9.98. The van der Waals surface area contributed by atoms with Crippen molar-refractivity contribution < 1.29 is 30.0 Å². The summed E-state index contributed by atoms with van der Waals surface area (Å²) in [6.45, 7) is -0.780. The highest BCUT2D eigenvalue weighted by Gasteiger charge is 2.23. The van der Waals surface area contributed by atoms with Gasteiger partial charge in [-0.05, 0) is 17.7 Å². The van der Waals surface area contributed by atoms with E-state index in [0.717, 1.165) is 0 Å². The van der Waals surface area contributed by atoms with E-state index in [1.807, 2.05) is 0 Å². The van der Waals surface area contributed by atoms with Crippen molar-refractivity contribution in [1.82, 2.24) is 5.32 Å². The maximum Gasteiger partial charge on any atom is 0.326 e. The fourth-order valence-electron chi connectivity index (χ4n) is 1.42. The molecule has 1 rings (SSSR count). The van der Waals surface area contributed by atoms with Gasteiger partial charge < -0.3 is 25.7 Å². The Morgan fingerprint density at radius 3 is 2.26 bits per heavy atom. The second-order valence-corrected chi connectivity index (χ2v) is 3.97. The van der Waals surface area contributed by atoms with Crippen LogP contribution in [0.5, 0.6) is 5.75 Å². The largest absolute Gasteiger partial charge is 0.508 e. The number of amides is 1. The van der Waals surface area contributed by atoms with Crippen molar-refractivity contribution in [2.24, 2.45) is 0 Å². The molecule has 1 amide bonds. The number of nitrogens with one attached hydrogen (secondary N) is 1. The summed E-state index contributed by atoms with van der Waals surface area (Å²) in [5.74, 6) is -2.16. The molecular weight excluding hydrogens is 254 g/mol. The van der Waals surface area contributed by atoms with E-state index in [-0.39, 0.29) is 12.2 Å². The minimum absolute atomic E-state index is 0.000494. The molecule has 0 aliphatic carbocycles. The predicted molar refractivity (Wildman–Crippen MR) is 64.5 cm³/mol. The molecule has 19 heavy (non-hydrogen) atoms. The molecule has 2 atom stereocenters. The zero-order chi connectivity index (χ0) is 14.4. The molecule has 0 aliphatic rings. The molecule has 5 N–H and O–H groups in total. The van der Waals surface area contributed by atoms with Crippen LogP contribution in [0.1, 0.15) is 5.56 Å². The van der Waals surface area contributed by atoms with E-state index in [0.29, 0.717) is 5.56 Å². The number of hydrogen-bond donors (Lipinski definition) is 5. The van der Waals surface area contributed by atoms with Crippen LogP contribution < -0.4 is 5.32 Å². The standard InChI is InChI=1S/C12H15NO6/c14-6-10(16)11(17)13-9(12(18)19)5-7-1-3-8(15)4-2-7/h1-4,9-10,14-16H,5-6H2,(H,13,17)(H,18,19). The van der Waals surface area contributed by atoms with Crippen molar-refractivity contribution in [3.05, 3.63) is 29.8 Å². The van der Waals surface area contributed by atoms with Gasteiger partial charge in [0.2, 0.25) is 0 Å². The van der Waals surface area contributed by atoms with E-state index in [2.05, 4.69) is 5.32 Å². The summed E-state index contributed by atoms with van der Waals surface area (Å²) in [6, 6.07) is 4.63. The third-order valence-corrected chi connectivity index (χ3v) is 2.47. The number of rotatable bonds is 6. The van der Waals surface area contributed by atoms with Gasteiger partial charge in [0, 0.05) is 6.42 Å². The van der Waals surface area contributed by atoms with Crippen LogP contribution in [0, 0.1) is 0 Å². The molecule has 0 bridgehead atoms. The normalized spacial score (nSPS) is 13.6. The Morgan fingerprint density at radius 2 is 1.79 bits per heavy atom. The Bertz CT molecular complexity index is 444. The summed E-state index contributed by atoms with van der Waals surface area (Å²) in [5.41, 5.74) is 0.601. The van der Waals surface area contributed by atoms with Crippen molar-refractivity contribution in [2.45, 2.75) is 18.6 Å². The lowest BCUT2D eigenvalue weighted by molar-refractivity contribution is -0.143. The maximum absolute atomic E-state index is 11.3. The van der Waals surface area contributed by atoms with E-state index >= 15 is 0 Å². The van der Waals surface area contributed by atoms with E-state index in [9.17, 15) is 9.59 Å². The molecule has 0 aliphatic heterocycles. The summed E-state index contributed by atoms with van der Waals surface area (Å²) in [6.07, 6.45) is -1.65. The van der Waals surface area contributed by atoms with Crippen molar-refractivity contribution in [2.75, 3.05) is 6.61 Å². The van der Waals surface area contributed by atoms with Crippen LogP contribution in [0.3, 0.4) is 0 Å². The van der Waals surface area contributed by atoms with Crippen LogP contribution in [0.15, 0.2) is 24.3 Å². The number of carbonyl (C=O) groups is 2. The van der Waals surface area contributed by atoms with Crippen molar-refractivity contribution in [3.63, 3.8) is 0 Å². The van der Waals surface area contributed by atoms with Gasteiger partial charge in [-0.15, -0.1) is 0 Å². The van der Waals surface area contributed by atoms with E-state index < -0.39 is 30.6 Å². The average Bonchev–Trinajstić information content (AvgIpc) is 2.39. The SMILES string of the molecule is O=C(NC(Cc1ccc(O)cc1)C(=O)O)C(O)CO. The molecule has 104 valence electrons. The van der Waals surface area contributed by atoms with Crippen LogP contribution in [0.25, 0.3) is 0 Å². The molecule has 1 aromatic carbocycles. The van der Waals surface area contributed by atoms with Gasteiger partial charge in [0.05, 0.1) is 6.61 Å². The third kappa shape index (κ3) is 4.57. The van der Waals surface area contributed by atoms with Crippen molar-refractivity contribution in [1.29, 1.82) is 0 Å². The molecule has 1 aromatic rings. The van der Waals surface area contributed by atoms with Crippen LogP contribution in [-0.2, 0) is 16.0 Å². The Balaban J connectivity index is 2.71. The van der Waals surface area contributed by atoms with Crippen LogP contribution in [-0.4, -0.2) is 51.1 Å². The summed E-state index contributed by atoms with van der Waals surface area (Å²) < 4.78 is 0. The quantitative estimate of drug-likeness (QED) is 0.444. The first kappa shape index (κ1) is 14.9. The highest BCUT2D eigenvalue weighted by molar-refractivity contribution is 5.86. The first-order chi connectivity index (χ1) is 8.93. The third-order valence-electron chi connectivity index (χ3n) is 2.47. The number of aliphatic carboxylic acids is 1. The van der Waals surface area contributed by atoms with Crippen molar-refractivity contribution in [3.8, 4) is 5.75 Å². The molecule has 0 heterocycles. The van der Waals surface area contributed by atoms with Gasteiger partial charge in [0.25, 0.3) is 5.91 Å². The first-order valence-corrected chi connectivity index (χ1v) is 5.54. The molecule has 0 saturated heterocycles. The highest BCUT2D eigenvalue weighted by Crippen LogP contribution is 2.11. The molecule has 2 unspecified atom stereocenters. The lowest BCUT2D eigenvalue weighted by Crippen LogP contribution is -2.47. The first-order valence-electron chi connectivity index (χ1n) is 5.54. The lowest BCUT2D eigenvalue weighted by Gasteiger charge is -2.16. The number of carbonyl (C=O) groups excluding carboxylic acids is 1. The fourth-order valence-corrected chi connectivity index (χ4v) is 1.42. The van der Waals surface area contributed by atoms with Crippen LogP contribution in [0.4, 0.5) is 0 Å². The van der Waals surface area contributed by atoms with Gasteiger partial charge in [-0.25, -0.2) is 4.79 Å². The fraction of sp³-hybridized carbons (Fsp3) is 0.333. The summed E-state index contributed by atoms with van der Waals surface area (Å²) in [7, 11) is 0. The predicted octanol–water partition coefficient (Wildman–Crippen LogP) is -1.14. The Labute approximate surface area is 109 Å². The van der Waals surface area contributed by atoms with Gasteiger partial charge in [0.1, 0.15) is 11.8 Å². The zero-order valence-electron chi connectivity index (χ0n) is 9.98. The Kier molecular flexibility index (Phi) is 5.28. The smallest absolute Gasteiger partial charge is 0.326 e. The number of aliphatic hydroxyl groups excluding tert-OH is 2. The molecular formula is C12H15NO6. The summed E-state index contributed by atoms with van der Waals surface area (Å²) >= 11 is 0. The van der Waals surface area contributed by atoms with E-state index in [4.69, 9.17) is 20.4 Å².